The summed E-state index contributed by atoms with van der Waals surface area (Å²) in [6.07, 6.45) is 0. The van der Waals surface area contributed by atoms with Crippen LogP contribution in [0.2, 0.25) is 0 Å². The van der Waals surface area contributed by atoms with Crippen molar-refractivity contribution < 1.29 is 4.79 Å². The Labute approximate surface area is 76.6 Å². The Hall–Kier alpha value is -1.22. The minimum atomic E-state index is -0.0864. The van der Waals surface area contributed by atoms with Gasteiger partial charge in [0.2, 0.25) is 0 Å². The molecule has 0 saturated carbocycles. The van der Waals surface area contributed by atoms with Gasteiger partial charge in [0, 0.05) is 12.1 Å². The maximum Gasteiger partial charge on any atom is 0.251 e. The van der Waals surface area contributed by atoms with Crippen molar-refractivity contribution in [2.24, 2.45) is 0 Å². The molecule has 0 unspecified atom stereocenters. The molecule has 1 N–H and O–H groups in total. The predicted molar refractivity (Wildman–Crippen MR) is 52.4 cm³/mol. The molecule has 2 nitrogen and oxygen atoms in total. The maximum atomic E-state index is 11.2. The molecule has 12 heavy (non-hydrogen) atoms. The van der Waals surface area contributed by atoms with E-state index in [1.165, 1.54) is 5.37 Å². The second-order valence-electron chi connectivity index (χ2n) is 2.24. The fourth-order valence-electron chi connectivity index (χ4n) is 0.826. The molecule has 3 heteroatoms. The van der Waals surface area contributed by atoms with Gasteiger partial charge in [-0.3, -0.25) is 4.79 Å². The number of benzene rings is 1. The molecular formula is C9H9NOS. The van der Waals surface area contributed by atoms with Gasteiger partial charge in [-0.25, -0.2) is 0 Å². The van der Waals surface area contributed by atoms with Crippen molar-refractivity contribution in [3.05, 3.63) is 35.9 Å². The third-order valence-electron chi connectivity index (χ3n) is 1.38. The topological polar surface area (TPSA) is 29.1 Å². The molecular weight excluding hydrogens is 170 g/mol. The van der Waals surface area contributed by atoms with Gasteiger partial charge in [0.15, 0.2) is 0 Å². The van der Waals surface area contributed by atoms with Gasteiger partial charge < -0.3 is 5.32 Å². The fourth-order valence-corrected chi connectivity index (χ4v) is 0.909. The van der Waals surface area contributed by atoms with Gasteiger partial charge in [-0.1, -0.05) is 30.4 Å². The Morgan fingerprint density at radius 3 is 2.67 bits per heavy atom. The number of carbonyl (C=O) groups excluding carboxylic acids is 1. The number of carbonyl (C=O) groups is 1. The van der Waals surface area contributed by atoms with Crippen LogP contribution in [0.25, 0.3) is 0 Å². The first kappa shape index (κ1) is 8.87. The Balaban J connectivity index is 2.59. The van der Waals surface area contributed by atoms with E-state index in [1.807, 2.05) is 18.2 Å². The fraction of sp³-hybridized carbons (Fsp3) is 0.111. The van der Waals surface area contributed by atoms with E-state index in [0.717, 1.165) is 0 Å². The van der Waals surface area contributed by atoms with Crippen LogP contribution in [0.1, 0.15) is 10.4 Å². The number of hydrogen-bond acceptors (Lipinski definition) is 2. The van der Waals surface area contributed by atoms with E-state index < -0.39 is 0 Å². The van der Waals surface area contributed by atoms with Gasteiger partial charge in [-0.2, -0.15) is 0 Å². The molecule has 0 spiro atoms. The summed E-state index contributed by atoms with van der Waals surface area (Å²) in [5.74, 6) is -0.0864. The molecule has 1 aromatic carbocycles. The van der Waals surface area contributed by atoms with Crippen molar-refractivity contribution in [3.63, 3.8) is 0 Å². The van der Waals surface area contributed by atoms with Gasteiger partial charge in [-0.05, 0) is 17.5 Å². The van der Waals surface area contributed by atoms with Gasteiger partial charge in [0.05, 0.1) is 0 Å². The third-order valence-corrected chi connectivity index (χ3v) is 1.55. The Bertz CT molecular complexity index is 271. The van der Waals surface area contributed by atoms with Crippen molar-refractivity contribution in [1.29, 1.82) is 0 Å². The average molecular weight is 179 g/mol. The van der Waals surface area contributed by atoms with Crippen LogP contribution in [-0.4, -0.2) is 17.8 Å². The summed E-state index contributed by atoms with van der Waals surface area (Å²) in [5.41, 5.74) is 0.661. The molecule has 0 aliphatic rings. The van der Waals surface area contributed by atoms with E-state index in [4.69, 9.17) is 0 Å². The van der Waals surface area contributed by atoms with E-state index >= 15 is 0 Å². The summed E-state index contributed by atoms with van der Waals surface area (Å²) in [7, 11) is 0. The molecule has 1 aromatic rings. The van der Waals surface area contributed by atoms with E-state index in [1.54, 1.807) is 12.1 Å². The molecule has 1 rings (SSSR count). The molecule has 0 saturated heterocycles. The predicted octanol–water partition coefficient (Wildman–Crippen LogP) is 1.42. The van der Waals surface area contributed by atoms with Crippen molar-refractivity contribution in [2.75, 3.05) is 6.54 Å². The second kappa shape index (κ2) is 4.62. The zero-order valence-corrected chi connectivity index (χ0v) is 7.30. The highest BCUT2D eigenvalue weighted by Gasteiger charge is 2.00. The highest BCUT2D eigenvalue weighted by molar-refractivity contribution is 7.79. The second-order valence-corrected chi connectivity index (χ2v) is 2.58. The number of nitrogens with one attached hydrogen (secondary N) is 1. The van der Waals surface area contributed by atoms with Gasteiger partial charge in [0.25, 0.3) is 5.91 Å². The summed E-state index contributed by atoms with van der Waals surface area (Å²) in [6, 6.07) is 9.05. The first-order valence-electron chi connectivity index (χ1n) is 3.61. The molecule has 62 valence electrons. The monoisotopic (exact) mass is 179 g/mol. The Morgan fingerprint density at radius 2 is 2.08 bits per heavy atom. The summed E-state index contributed by atoms with van der Waals surface area (Å²) in [4.78, 5) is 11.2. The zero-order chi connectivity index (χ0) is 8.81. The molecule has 0 radical (unpaired) electrons. The van der Waals surface area contributed by atoms with Crippen molar-refractivity contribution in [2.45, 2.75) is 0 Å². The summed E-state index contributed by atoms with van der Waals surface area (Å²) in [5, 5.41) is 4.14. The standard InChI is InChI=1S/C9H9NOS/c11-9(10-6-7-12)8-4-2-1-3-5-8/h1-5,7H,6H2,(H,10,11). The molecule has 0 fully saturated rings. The molecule has 0 heterocycles. The number of hydrogen-bond donors (Lipinski definition) is 1. The van der Waals surface area contributed by atoms with Gasteiger partial charge >= 0.3 is 0 Å². The molecule has 0 aliphatic heterocycles. The lowest BCUT2D eigenvalue weighted by atomic mass is 10.2. The molecule has 0 aromatic heterocycles. The highest BCUT2D eigenvalue weighted by Crippen LogP contribution is 1.96. The minimum Gasteiger partial charge on any atom is -0.348 e. The first-order valence-corrected chi connectivity index (χ1v) is 4.08. The lowest BCUT2D eigenvalue weighted by molar-refractivity contribution is 0.0960. The largest absolute Gasteiger partial charge is 0.348 e. The molecule has 0 atom stereocenters. The Kier molecular flexibility index (Phi) is 3.41. The van der Waals surface area contributed by atoms with E-state index in [0.29, 0.717) is 12.1 Å². The number of amides is 1. The maximum absolute atomic E-state index is 11.2. The van der Waals surface area contributed by atoms with E-state index in [-0.39, 0.29) is 5.91 Å². The van der Waals surface area contributed by atoms with E-state index in [2.05, 4.69) is 17.5 Å². The first-order chi connectivity index (χ1) is 5.84. The summed E-state index contributed by atoms with van der Waals surface area (Å²) < 4.78 is 0. The molecule has 0 aliphatic carbocycles. The number of thiocarbonyl (C=S) groups is 1. The SMILES string of the molecule is O=C(NCC=S)c1ccccc1. The minimum absolute atomic E-state index is 0.0864. The van der Waals surface area contributed by atoms with Crippen LogP contribution in [0.15, 0.2) is 30.3 Å². The van der Waals surface area contributed by atoms with Crippen LogP contribution >= 0.6 is 12.2 Å². The summed E-state index contributed by atoms with van der Waals surface area (Å²) >= 11 is 4.58. The lowest BCUT2D eigenvalue weighted by Gasteiger charge is -1.99. The molecule has 0 bridgehead atoms. The zero-order valence-electron chi connectivity index (χ0n) is 6.49. The average Bonchev–Trinajstić information content (AvgIpc) is 2.15. The van der Waals surface area contributed by atoms with Crippen molar-refractivity contribution in [1.82, 2.24) is 5.32 Å². The molecule has 1 amide bonds. The van der Waals surface area contributed by atoms with Crippen LogP contribution in [-0.2, 0) is 0 Å². The van der Waals surface area contributed by atoms with Gasteiger partial charge in [0.1, 0.15) is 0 Å². The van der Waals surface area contributed by atoms with Crippen LogP contribution < -0.4 is 5.32 Å². The highest BCUT2D eigenvalue weighted by atomic mass is 32.1. The number of rotatable bonds is 3. The van der Waals surface area contributed by atoms with Gasteiger partial charge in [-0.15, -0.1) is 0 Å². The van der Waals surface area contributed by atoms with E-state index in [9.17, 15) is 4.79 Å². The third kappa shape index (κ3) is 2.43. The lowest BCUT2D eigenvalue weighted by Crippen LogP contribution is -2.24. The normalized spacial score (nSPS) is 9.00. The van der Waals surface area contributed by atoms with Crippen molar-refractivity contribution >= 4 is 23.5 Å². The van der Waals surface area contributed by atoms with Crippen LogP contribution in [0.3, 0.4) is 0 Å². The quantitative estimate of drug-likeness (QED) is 0.711. The van der Waals surface area contributed by atoms with Crippen LogP contribution in [0.4, 0.5) is 0 Å². The smallest absolute Gasteiger partial charge is 0.251 e. The van der Waals surface area contributed by atoms with Crippen LogP contribution in [0.5, 0.6) is 0 Å². The Morgan fingerprint density at radius 1 is 1.42 bits per heavy atom. The van der Waals surface area contributed by atoms with Crippen LogP contribution in [0, 0.1) is 0 Å². The summed E-state index contributed by atoms with van der Waals surface area (Å²) in [6.45, 7) is 0.434. The van der Waals surface area contributed by atoms with Crippen molar-refractivity contribution in [3.8, 4) is 0 Å².